The Morgan fingerprint density at radius 3 is 2.61 bits per heavy atom. The summed E-state index contributed by atoms with van der Waals surface area (Å²) in [6.07, 6.45) is 3.17. The maximum Gasteiger partial charge on any atom is 0.274 e. The molecule has 0 radical (unpaired) electrons. The molecule has 5 rings (SSSR count). The largest absolute Gasteiger partial charge is 0.435 e. The molecule has 1 aliphatic rings. The van der Waals surface area contributed by atoms with Crippen molar-refractivity contribution in [2.45, 2.75) is 6.92 Å². The van der Waals surface area contributed by atoms with Crippen LogP contribution in [0, 0.1) is 13.5 Å². The lowest BCUT2D eigenvalue weighted by molar-refractivity contribution is 0.0657. The summed E-state index contributed by atoms with van der Waals surface area (Å²) in [7, 11) is 3.88. The number of carbonyl (C=O) groups excluding carboxylic acids is 1. The van der Waals surface area contributed by atoms with Gasteiger partial charge in [0.05, 0.1) is 12.0 Å². The van der Waals surface area contributed by atoms with Crippen molar-refractivity contribution in [3.05, 3.63) is 59.5 Å². The molecule has 0 unspecified atom stereocenters. The molecule has 0 saturated carbocycles. The van der Waals surface area contributed by atoms with Crippen molar-refractivity contribution >= 4 is 34.4 Å². The molecule has 36 heavy (non-hydrogen) atoms. The van der Waals surface area contributed by atoms with Gasteiger partial charge in [0.1, 0.15) is 5.52 Å². The van der Waals surface area contributed by atoms with Gasteiger partial charge < -0.3 is 29.3 Å². The van der Waals surface area contributed by atoms with Crippen molar-refractivity contribution in [1.82, 2.24) is 39.5 Å². The average Bonchev–Trinajstić information content (AvgIpc) is 3.26. The van der Waals surface area contributed by atoms with Gasteiger partial charge in [0.15, 0.2) is 29.1 Å². The van der Waals surface area contributed by atoms with Gasteiger partial charge in [-0.1, -0.05) is 6.57 Å². The van der Waals surface area contributed by atoms with E-state index in [4.69, 9.17) is 11.3 Å². The third kappa shape index (κ3) is 4.64. The van der Waals surface area contributed by atoms with Gasteiger partial charge >= 0.3 is 0 Å². The number of likely N-dealkylation sites (N-methyl/N-ethyl adjacent to an activating group) is 1. The minimum atomic E-state index is -0.123. The lowest BCUT2D eigenvalue weighted by atomic mass is 10.2. The average molecular weight is 485 g/mol. The van der Waals surface area contributed by atoms with Crippen LogP contribution in [0.4, 0.5) is 17.3 Å². The number of hydrogen-bond donors (Lipinski definition) is 1. The molecule has 1 saturated heterocycles. The summed E-state index contributed by atoms with van der Waals surface area (Å²) < 4.78 is 7.78. The van der Waals surface area contributed by atoms with Crippen LogP contribution in [0.1, 0.15) is 16.1 Å². The molecule has 12 heteroatoms. The van der Waals surface area contributed by atoms with Crippen LogP contribution in [-0.4, -0.2) is 78.7 Å². The fourth-order valence-electron chi connectivity index (χ4n) is 3.85. The Labute approximate surface area is 207 Å². The van der Waals surface area contributed by atoms with Crippen molar-refractivity contribution in [1.29, 1.82) is 0 Å². The molecule has 1 fully saturated rings. The van der Waals surface area contributed by atoms with Crippen LogP contribution in [0.5, 0.6) is 11.6 Å². The van der Waals surface area contributed by atoms with Gasteiger partial charge in [-0.3, -0.25) is 4.79 Å². The molecular formula is C24H24N10O2. The summed E-state index contributed by atoms with van der Waals surface area (Å²) in [5, 5.41) is 11.6. The van der Waals surface area contributed by atoms with Crippen LogP contribution in [0.3, 0.4) is 0 Å². The third-order valence-electron chi connectivity index (χ3n) is 5.96. The summed E-state index contributed by atoms with van der Waals surface area (Å²) >= 11 is 0. The molecule has 4 aromatic rings. The smallest absolute Gasteiger partial charge is 0.274 e. The highest BCUT2D eigenvalue weighted by Gasteiger charge is 2.22. The summed E-state index contributed by atoms with van der Waals surface area (Å²) in [6.45, 7) is 12.0. The van der Waals surface area contributed by atoms with E-state index in [0.29, 0.717) is 58.9 Å². The van der Waals surface area contributed by atoms with E-state index in [2.05, 4.69) is 40.2 Å². The van der Waals surface area contributed by atoms with Crippen molar-refractivity contribution in [3.8, 4) is 11.6 Å². The number of aryl methyl sites for hydroxylation is 2. The number of piperazine rings is 1. The second kappa shape index (κ2) is 9.55. The molecule has 0 aromatic carbocycles. The summed E-state index contributed by atoms with van der Waals surface area (Å²) in [5.41, 5.74) is 2.92. The lowest BCUT2D eigenvalue weighted by Crippen LogP contribution is -2.47. The first-order valence-electron chi connectivity index (χ1n) is 11.3. The molecule has 1 amide bonds. The fraction of sp³-hybridized carbons (Fsp3) is 0.292. The van der Waals surface area contributed by atoms with Gasteiger partial charge in [-0.05, 0) is 37.7 Å². The van der Waals surface area contributed by atoms with Crippen LogP contribution in [0.2, 0.25) is 0 Å². The Balaban J connectivity index is 1.39. The molecule has 0 spiro atoms. The van der Waals surface area contributed by atoms with Gasteiger partial charge in [0, 0.05) is 39.3 Å². The number of amides is 1. The summed E-state index contributed by atoms with van der Waals surface area (Å²) in [5.74, 6) is 1.44. The SMILES string of the molecule is [C-]#[N+]c1cc(C)c(Oc2cc(Nc3ccc(C(=O)N4CCN(C)CC4)nn3)c3ncn(C)c3n2)cn1. The van der Waals surface area contributed by atoms with E-state index in [1.54, 1.807) is 40.1 Å². The third-order valence-corrected chi connectivity index (χ3v) is 5.96. The zero-order valence-corrected chi connectivity index (χ0v) is 20.1. The predicted octanol–water partition coefficient (Wildman–Crippen LogP) is 2.94. The standard InChI is InChI=1S/C24H24N10O2/c1-15-11-20(25-2)26-13-18(15)36-21-12-17(22-23(29-21)33(4)14-27-22)28-19-6-5-16(30-31-19)24(35)34-9-7-32(3)8-10-34/h5-6,11-14H,7-10H2,1,3-4H3,(H,28,29,31). The molecule has 182 valence electrons. The van der Waals surface area contributed by atoms with Crippen LogP contribution in [-0.2, 0) is 7.05 Å². The van der Waals surface area contributed by atoms with E-state index in [1.807, 2.05) is 21.0 Å². The molecule has 0 atom stereocenters. The highest BCUT2D eigenvalue weighted by Crippen LogP contribution is 2.31. The normalized spacial score (nSPS) is 14.0. The number of imidazole rings is 1. The van der Waals surface area contributed by atoms with Gasteiger partial charge in [0.25, 0.3) is 11.7 Å². The van der Waals surface area contributed by atoms with Crippen LogP contribution in [0.15, 0.2) is 36.8 Å². The first-order valence-corrected chi connectivity index (χ1v) is 11.3. The van der Waals surface area contributed by atoms with E-state index >= 15 is 0 Å². The van der Waals surface area contributed by atoms with Gasteiger partial charge in [0.2, 0.25) is 5.88 Å². The van der Waals surface area contributed by atoms with E-state index < -0.39 is 0 Å². The maximum atomic E-state index is 12.8. The van der Waals surface area contributed by atoms with Crippen molar-refractivity contribution in [2.24, 2.45) is 7.05 Å². The highest BCUT2D eigenvalue weighted by atomic mass is 16.5. The number of nitrogens with zero attached hydrogens (tertiary/aromatic N) is 9. The number of anilines is 2. The number of rotatable bonds is 5. The first-order chi connectivity index (χ1) is 17.4. The van der Waals surface area contributed by atoms with Gasteiger partial charge in [-0.25, -0.2) is 4.98 Å². The molecule has 5 heterocycles. The van der Waals surface area contributed by atoms with E-state index in [-0.39, 0.29) is 5.91 Å². The monoisotopic (exact) mass is 484 g/mol. The summed E-state index contributed by atoms with van der Waals surface area (Å²) in [6, 6.07) is 6.74. The lowest BCUT2D eigenvalue weighted by Gasteiger charge is -2.32. The molecule has 0 bridgehead atoms. The second-order valence-corrected chi connectivity index (χ2v) is 8.58. The number of ether oxygens (including phenoxy) is 1. The van der Waals surface area contributed by atoms with Crippen LogP contribution >= 0.6 is 0 Å². The minimum absolute atomic E-state index is 0.123. The Morgan fingerprint density at radius 2 is 1.92 bits per heavy atom. The Bertz CT molecular complexity index is 1470. The Hall–Kier alpha value is -4.63. The molecule has 1 N–H and O–H groups in total. The second-order valence-electron chi connectivity index (χ2n) is 8.58. The number of nitrogens with one attached hydrogen (secondary N) is 1. The predicted molar refractivity (Wildman–Crippen MR) is 133 cm³/mol. The molecule has 4 aromatic heterocycles. The Morgan fingerprint density at radius 1 is 1.11 bits per heavy atom. The quantitative estimate of drug-likeness (QED) is 0.427. The number of fused-ring (bicyclic) bond motifs is 1. The maximum absolute atomic E-state index is 12.8. The first kappa shape index (κ1) is 23.1. The molecule has 1 aliphatic heterocycles. The van der Waals surface area contributed by atoms with Crippen molar-refractivity contribution < 1.29 is 9.53 Å². The molecule has 0 aliphatic carbocycles. The van der Waals surface area contributed by atoms with Crippen molar-refractivity contribution in [2.75, 3.05) is 38.5 Å². The van der Waals surface area contributed by atoms with Crippen molar-refractivity contribution in [3.63, 3.8) is 0 Å². The zero-order valence-electron chi connectivity index (χ0n) is 20.1. The molecule has 12 nitrogen and oxygen atoms in total. The van der Waals surface area contributed by atoms with Gasteiger partial charge in [-0.2, -0.15) is 4.98 Å². The Kier molecular flexibility index (Phi) is 6.14. The summed E-state index contributed by atoms with van der Waals surface area (Å²) in [4.78, 5) is 33.2. The van der Waals surface area contributed by atoms with Crippen LogP contribution in [0.25, 0.3) is 16.0 Å². The minimum Gasteiger partial charge on any atom is -0.435 e. The van der Waals surface area contributed by atoms with Gasteiger partial charge in [-0.15, -0.1) is 15.2 Å². The highest BCUT2D eigenvalue weighted by molar-refractivity contribution is 5.92. The van der Waals surface area contributed by atoms with E-state index in [1.165, 1.54) is 6.20 Å². The topological polar surface area (TPSA) is 119 Å². The number of hydrogen-bond acceptors (Lipinski definition) is 9. The fourth-order valence-corrected chi connectivity index (χ4v) is 3.85. The number of aromatic nitrogens is 6. The van der Waals surface area contributed by atoms with E-state index in [0.717, 1.165) is 18.7 Å². The zero-order chi connectivity index (χ0) is 25.2. The number of pyridine rings is 2. The molecular weight excluding hydrogens is 460 g/mol. The van der Waals surface area contributed by atoms with E-state index in [9.17, 15) is 4.79 Å². The van der Waals surface area contributed by atoms with Crippen LogP contribution < -0.4 is 10.1 Å². The number of carbonyl (C=O) groups is 1.